The molecule has 2 unspecified atom stereocenters. The van der Waals surface area contributed by atoms with Crippen LogP contribution in [0.3, 0.4) is 0 Å². The molecular formula is C14H19BrFNO2. The van der Waals surface area contributed by atoms with Gasteiger partial charge in [-0.1, -0.05) is 22.9 Å². The maximum Gasteiger partial charge on any atom is 0.124 e. The molecule has 2 atom stereocenters. The van der Waals surface area contributed by atoms with E-state index in [1.54, 1.807) is 0 Å². The molecule has 0 amide bonds. The first-order valence-corrected chi connectivity index (χ1v) is 7.34. The van der Waals surface area contributed by atoms with Crippen LogP contribution in [0.5, 0.6) is 0 Å². The molecule has 0 radical (unpaired) electrons. The van der Waals surface area contributed by atoms with Crippen LogP contribution in [0.1, 0.15) is 12.5 Å². The van der Waals surface area contributed by atoms with E-state index in [4.69, 9.17) is 4.74 Å². The molecule has 2 rings (SSSR count). The number of morpholine rings is 1. The molecule has 5 heteroatoms. The van der Waals surface area contributed by atoms with Crippen molar-refractivity contribution in [3.63, 3.8) is 0 Å². The molecule has 0 saturated carbocycles. The van der Waals surface area contributed by atoms with Crippen LogP contribution < -0.4 is 0 Å². The number of aliphatic hydroxyl groups excluding tert-OH is 1. The molecule has 1 saturated heterocycles. The minimum absolute atomic E-state index is 0.198. The number of aliphatic hydroxyl groups is 1. The van der Waals surface area contributed by atoms with Crippen molar-refractivity contribution in [2.24, 2.45) is 0 Å². The van der Waals surface area contributed by atoms with Crippen LogP contribution >= 0.6 is 15.9 Å². The van der Waals surface area contributed by atoms with Crippen LogP contribution in [0.25, 0.3) is 0 Å². The number of hydrogen-bond donors (Lipinski definition) is 1. The maximum absolute atomic E-state index is 13.3. The van der Waals surface area contributed by atoms with Gasteiger partial charge in [0.05, 0.1) is 18.8 Å². The summed E-state index contributed by atoms with van der Waals surface area (Å²) in [4.78, 5) is 2.25. The topological polar surface area (TPSA) is 32.7 Å². The SMILES string of the molecule is CCN1CCOC(C(O)Cc2cc(F)cc(Br)c2)C1. The molecule has 0 spiro atoms. The summed E-state index contributed by atoms with van der Waals surface area (Å²) in [5.41, 5.74) is 0.775. The Bertz CT molecular complexity index is 410. The number of rotatable bonds is 4. The summed E-state index contributed by atoms with van der Waals surface area (Å²) < 4.78 is 19.6. The lowest BCUT2D eigenvalue weighted by Gasteiger charge is -2.34. The fourth-order valence-electron chi connectivity index (χ4n) is 2.35. The van der Waals surface area contributed by atoms with Gasteiger partial charge < -0.3 is 9.84 Å². The fourth-order valence-corrected chi connectivity index (χ4v) is 2.87. The van der Waals surface area contributed by atoms with Crippen LogP contribution in [0.15, 0.2) is 22.7 Å². The zero-order chi connectivity index (χ0) is 13.8. The summed E-state index contributed by atoms with van der Waals surface area (Å²) >= 11 is 3.26. The van der Waals surface area contributed by atoms with E-state index in [1.807, 2.05) is 6.07 Å². The molecule has 1 fully saturated rings. The van der Waals surface area contributed by atoms with E-state index >= 15 is 0 Å². The number of likely N-dealkylation sites (N-methyl/N-ethyl adjacent to an activating group) is 1. The number of hydrogen-bond acceptors (Lipinski definition) is 3. The van der Waals surface area contributed by atoms with Crippen LogP contribution in [-0.2, 0) is 11.2 Å². The van der Waals surface area contributed by atoms with Crippen molar-refractivity contribution in [1.82, 2.24) is 4.90 Å². The minimum Gasteiger partial charge on any atom is -0.390 e. The molecule has 106 valence electrons. The van der Waals surface area contributed by atoms with E-state index < -0.39 is 6.10 Å². The Morgan fingerprint density at radius 2 is 2.32 bits per heavy atom. The Balaban J connectivity index is 1.98. The molecule has 1 N–H and O–H groups in total. The molecule has 0 bridgehead atoms. The van der Waals surface area contributed by atoms with Crippen molar-refractivity contribution in [2.45, 2.75) is 25.6 Å². The molecule has 3 nitrogen and oxygen atoms in total. The highest BCUT2D eigenvalue weighted by molar-refractivity contribution is 9.10. The van der Waals surface area contributed by atoms with E-state index in [1.165, 1.54) is 12.1 Å². The van der Waals surface area contributed by atoms with Crippen molar-refractivity contribution in [2.75, 3.05) is 26.2 Å². The molecule has 1 aromatic carbocycles. The van der Waals surface area contributed by atoms with Crippen molar-refractivity contribution in [3.8, 4) is 0 Å². The Morgan fingerprint density at radius 3 is 3.00 bits per heavy atom. The van der Waals surface area contributed by atoms with Gasteiger partial charge in [-0.15, -0.1) is 0 Å². The van der Waals surface area contributed by atoms with E-state index in [0.717, 1.165) is 25.2 Å². The summed E-state index contributed by atoms with van der Waals surface area (Å²) in [5, 5.41) is 10.2. The fraction of sp³-hybridized carbons (Fsp3) is 0.571. The van der Waals surface area contributed by atoms with Crippen molar-refractivity contribution in [1.29, 1.82) is 0 Å². The van der Waals surface area contributed by atoms with Gasteiger partial charge >= 0.3 is 0 Å². The Kier molecular flexibility index (Phi) is 5.33. The third-order valence-corrected chi connectivity index (χ3v) is 3.88. The van der Waals surface area contributed by atoms with E-state index in [0.29, 0.717) is 17.5 Å². The van der Waals surface area contributed by atoms with Crippen LogP contribution in [0, 0.1) is 5.82 Å². The predicted molar refractivity (Wildman–Crippen MR) is 75.7 cm³/mol. The average molecular weight is 332 g/mol. The first kappa shape index (κ1) is 14.9. The zero-order valence-corrected chi connectivity index (χ0v) is 12.6. The quantitative estimate of drug-likeness (QED) is 0.918. The second-order valence-electron chi connectivity index (χ2n) is 4.85. The van der Waals surface area contributed by atoms with Crippen LogP contribution in [0.4, 0.5) is 4.39 Å². The standard InChI is InChI=1S/C14H19BrFNO2/c1-2-17-3-4-19-14(9-17)13(18)7-10-5-11(15)8-12(16)6-10/h5-6,8,13-14,18H,2-4,7,9H2,1H3. The summed E-state index contributed by atoms with van der Waals surface area (Å²) in [7, 11) is 0. The third-order valence-electron chi connectivity index (χ3n) is 3.42. The summed E-state index contributed by atoms with van der Waals surface area (Å²) in [5.74, 6) is -0.295. The second kappa shape index (κ2) is 6.79. The zero-order valence-electron chi connectivity index (χ0n) is 11.0. The van der Waals surface area contributed by atoms with E-state index in [2.05, 4.69) is 27.8 Å². The summed E-state index contributed by atoms with van der Waals surface area (Å²) in [6.45, 7) is 5.33. The maximum atomic E-state index is 13.3. The molecule has 1 heterocycles. The first-order valence-electron chi connectivity index (χ1n) is 6.55. The second-order valence-corrected chi connectivity index (χ2v) is 5.77. The van der Waals surface area contributed by atoms with Gasteiger partial charge in [-0.05, 0) is 30.3 Å². The lowest BCUT2D eigenvalue weighted by Crippen LogP contribution is -2.48. The number of benzene rings is 1. The van der Waals surface area contributed by atoms with Crippen LogP contribution in [0.2, 0.25) is 0 Å². The largest absolute Gasteiger partial charge is 0.390 e. The van der Waals surface area contributed by atoms with E-state index in [-0.39, 0.29) is 11.9 Å². The van der Waals surface area contributed by atoms with E-state index in [9.17, 15) is 9.50 Å². The van der Waals surface area contributed by atoms with Crippen LogP contribution in [-0.4, -0.2) is 48.5 Å². The number of nitrogens with zero attached hydrogens (tertiary/aromatic N) is 1. The van der Waals surface area contributed by atoms with Gasteiger partial charge in [0, 0.05) is 24.0 Å². The molecule has 19 heavy (non-hydrogen) atoms. The van der Waals surface area contributed by atoms with Gasteiger partial charge in [-0.25, -0.2) is 4.39 Å². The summed E-state index contributed by atoms with van der Waals surface area (Å²) in [6.07, 6.45) is -0.405. The normalized spacial score (nSPS) is 22.4. The highest BCUT2D eigenvalue weighted by Gasteiger charge is 2.26. The lowest BCUT2D eigenvalue weighted by molar-refractivity contribution is -0.0867. The number of halogens is 2. The third kappa shape index (κ3) is 4.24. The molecule has 1 aromatic rings. The van der Waals surface area contributed by atoms with Gasteiger partial charge in [0.15, 0.2) is 0 Å². The van der Waals surface area contributed by atoms with Crippen molar-refractivity contribution in [3.05, 3.63) is 34.1 Å². The molecular weight excluding hydrogens is 313 g/mol. The molecule has 1 aliphatic rings. The van der Waals surface area contributed by atoms with Gasteiger partial charge in [-0.3, -0.25) is 4.90 Å². The minimum atomic E-state index is -0.608. The molecule has 1 aliphatic heterocycles. The van der Waals surface area contributed by atoms with Gasteiger partial charge in [-0.2, -0.15) is 0 Å². The van der Waals surface area contributed by atoms with Gasteiger partial charge in [0.2, 0.25) is 0 Å². The smallest absolute Gasteiger partial charge is 0.124 e. The Labute approximate surface area is 121 Å². The van der Waals surface area contributed by atoms with Gasteiger partial charge in [0.25, 0.3) is 0 Å². The van der Waals surface area contributed by atoms with Crippen molar-refractivity contribution >= 4 is 15.9 Å². The van der Waals surface area contributed by atoms with Crippen molar-refractivity contribution < 1.29 is 14.2 Å². The molecule has 0 aliphatic carbocycles. The van der Waals surface area contributed by atoms with Gasteiger partial charge in [0.1, 0.15) is 5.82 Å². The Morgan fingerprint density at radius 1 is 1.53 bits per heavy atom. The highest BCUT2D eigenvalue weighted by Crippen LogP contribution is 2.18. The average Bonchev–Trinajstić information content (AvgIpc) is 2.37. The highest BCUT2D eigenvalue weighted by atomic mass is 79.9. The number of ether oxygens (including phenoxy) is 1. The first-order chi connectivity index (χ1) is 9.08. The monoisotopic (exact) mass is 331 g/mol. The lowest BCUT2D eigenvalue weighted by atomic mass is 10.0. The molecule has 0 aromatic heterocycles. The Hall–Kier alpha value is -0.490. The summed E-state index contributed by atoms with van der Waals surface area (Å²) in [6, 6.07) is 4.69. The predicted octanol–water partition coefficient (Wildman–Crippen LogP) is 2.21.